The lowest BCUT2D eigenvalue weighted by Gasteiger charge is -2.20. The quantitative estimate of drug-likeness (QED) is 0.817. The standard InChI is InChI=1S/C16H19NO3/c1-12(15-9-5-11-20-15)17-16(19)14-8-3-2-6-13(14)7-4-10-18/h2-3,6,8,12,15,18H,5,9-11H2,1H3,(H,17,19). The third-order valence-corrected chi connectivity index (χ3v) is 3.36. The summed E-state index contributed by atoms with van der Waals surface area (Å²) in [4.78, 5) is 12.3. The predicted octanol–water partition coefficient (Wildman–Crippen LogP) is 1.33. The molecule has 0 saturated carbocycles. The van der Waals surface area contributed by atoms with Crippen molar-refractivity contribution in [1.82, 2.24) is 5.32 Å². The number of carbonyl (C=O) groups is 1. The fraction of sp³-hybridized carbons (Fsp3) is 0.438. The molecule has 106 valence electrons. The first-order valence-corrected chi connectivity index (χ1v) is 6.83. The van der Waals surface area contributed by atoms with Gasteiger partial charge < -0.3 is 15.2 Å². The van der Waals surface area contributed by atoms with Crippen molar-refractivity contribution in [2.75, 3.05) is 13.2 Å². The second-order valence-corrected chi connectivity index (χ2v) is 4.82. The number of ether oxygens (including phenoxy) is 1. The molecule has 0 spiro atoms. The van der Waals surface area contributed by atoms with E-state index in [9.17, 15) is 4.79 Å². The fourth-order valence-corrected chi connectivity index (χ4v) is 2.30. The zero-order valence-corrected chi connectivity index (χ0v) is 11.6. The van der Waals surface area contributed by atoms with Crippen LogP contribution in [0, 0.1) is 11.8 Å². The summed E-state index contributed by atoms with van der Waals surface area (Å²) in [5, 5.41) is 11.7. The molecule has 2 atom stereocenters. The molecule has 2 unspecified atom stereocenters. The van der Waals surface area contributed by atoms with Crippen LogP contribution in [-0.4, -0.2) is 36.4 Å². The SMILES string of the molecule is CC(NC(=O)c1ccccc1C#CCO)C1CCCO1. The zero-order chi connectivity index (χ0) is 14.4. The lowest BCUT2D eigenvalue weighted by molar-refractivity contribution is 0.0712. The number of hydrogen-bond donors (Lipinski definition) is 2. The van der Waals surface area contributed by atoms with E-state index < -0.39 is 0 Å². The molecule has 4 nitrogen and oxygen atoms in total. The maximum Gasteiger partial charge on any atom is 0.252 e. The van der Waals surface area contributed by atoms with Gasteiger partial charge in [-0.2, -0.15) is 0 Å². The molecule has 1 amide bonds. The highest BCUT2D eigenvalue weighted by atomic mass is 16.5. The summed E-state index contributed by atoms with van der Waals surface area (Å²) < 4.78 is 5.57. The van der Waals surface area contributed by atoms with Gasteiger partial charge in [0.25, 0.3) is 5.91 Å². The van der Waals surface area contributed by atoms with E-state index in [1.165, 1.54) is 0 Å². The number of benzene rings is 1. The molecule has 1 aromatic rings. The summed E-state index contributed by atoms with van der Waals surface area (Å²) in [6, 6.07) is 7.11. The molecule has 0 aliphatic carbocycles. The maximum atomic E-state index is 12.3. The van der Waals surface area contributed by atoms with Gasteiger partial charge in [-0.1, -0.05) is 24.0 Å². The first-order chi connectivity index (χ1) is 9.72. The highest BCUT2D eigenvalue weighted by Gasteiger charge is 2.24. The largest absolute Gasteiger partial charge is 0.384 e. The van der Waals surface area contributed by atoms with Crippen molar-refractivity contribution in [2.24, 2.45) is 0 Å². The molecule has 0 bridgehead atoms. The van der Waals surface area contributed by atoms with Gasteiger partial charge >= 0.3 is 0 Å². The van der Waals surface area contributed by atoms with Crippen molar-refractivity contribution in [2.45, 2.75) is 31.9 Å². The molecule has 1 saturated heterocycles. The summed E-state index contributed by atoms with van der Waals surface area (Å²) >= 11 is 0. The third-order valence-electron chi connectivity index (χ3n) is 3.36. The van der Waals surface area contributed by atoms with Gasteiger partial charge in [-0.05, 0) is 31.9 Å². The Hall–Kier alpha value is -1.83. The predicted molar refractivity (Wildman–Crippen MR) is 76.3 cm³/mol. The monoisotopic (exact) mass is 273 g/mol. The van der Waals surface area contributed by atoms with E-state index in [4.69, 9.17) is 9.84 Å². The average Bonchev–Trinajstić information content (AvgIpc) is 2.99. The van der Waals surface area contributed by atoms with Gasteiger partial charge in [0.1, 0.15) is 6.61 Å². The van der Waals surface area contributed by atoms with Crippen LogP contribution in [0.2, 0.25) is 0 Å². The van der Waals surface area contributed by atoms with Crippen molar-refractivity contribution in [3.63, 3.8) is 0 Å². The molecule has 2 rings (SSSR count). The molecule has 1 heterocycles. The highest BCUT2D eigenvalue weighted by Crippen LogP contribution is 2.16. The smallest absolute Gasteiger partial charge is 0.252 e. The van der Waals surface area contributed by atoms with Crippen LogP contribution in [-0.2, 0) is 4.74 Å². The van der Waals surface area contributed by atoms with Crippen LogP contribution >= 0.6 is 0 Å². The van der Waals surface area contributed by atoms with Gasteiger partial charge in [-0.15, -0.1) is 0 Å². The van der Waals surface area contributed by atoms with E-state index in [0.717, 1.165) is 19.4 Å². The summed E-state index contributed by atoms with van der Waals surface area (Å²) in [7, 11) is 0. The molecule has 1 aliphatic heterocycles. The van der Waals surface area contributed by atoms with Crippen LogP contribution < -0.4 is 5.32 Å². The van der Waals surface area contributed by atoms with E-state index in [-0.39, 0.29) is 24.7 Å². The second-order valence-electron chi connectivity index (χ2n) is 4.82. The van der Waals surface area contributed by atoms with Crippen LogP contribution in [0.25, 0.3) is 0 Å². The Labute approximate surface area is 119 Å². The lowest BCUT2D eigenvalue weighted by Crippen LogP contribution is -2.41. The maximum absolute atomic E-state index is 12.3. The van der Waals surface area contributed by atoms with Gasteiger partial charge in [0.05, 0.1) is 17.7 Å². The van der Waals surface area contributed by atoms with Crippen molar-refractivity contribution < 1.29 is 14.6 Å². The fourth-order valence-electron chi connectivity index (χ4n) is 2.30. The Bertz CT molecular complexity index is 524. The van der Waals surface area contributed by atoms with Gasteiger partial charge in [0, 0.05) is 12.2 Å². The molecule has 0 aromatic heterocycles. The molecule has 1 aromatic carbocycles. The van der Waals surface area contributed by atoms with Crippen molar-refractivity contribution in [1.29, 1.82) is 0 Å². The van der Waals surface area contributed by atoms with Gasteiger partial charge in [0.2, 0.25) is 0 Å². The van der Waals surface area contributed by atoms with Crippen molar-refractivity contribution in [3.05, 3.63) is 35.4 Å². The summed E-state index contributed by atoms with van der Waals surface area (Å²) in [6.45, 7) is 2.50. The van der Waals surface area contributed by atoms with E-state index in [0.29, 0.717) is 11.1 Å². The topological polar surface area (TPSA) is 58.6 Å². The van der Waals surface area contributed by atoms with Crippen LogP contribution in [0.15, 0.2) is 24.3 Å². The van der Waals surface area contributed by atoms with Crippen molar-refractivity contribution >= 4 is 5.91 Å². The Morgan fingerprint density at radius 1 is 1.55 bits per heavy atom. The minimum Gasteiger partial charge on any atom is -0.384 e. The van der Waals surface area contributed by atoms with Crippen LogP contribution in [0.5, 0.6) is 0 Å². The zero-order valence-electron chi connectivity index (χ0n) is 11.6. The Morgan fingerprint density at radius 2 is 2.35 bits per heavy atom. The normalized spacial score (nSPS) is 19.0. The number of carbonyl (C=O) groups excluding carboxylic acids is 1. The summed E-state index contributed by atoms with van der Waals surface area (Å²) in [6.07, 6.45) is 2.12. The second kappa shape index (κ2) is 7.09. The number of amides is 1. The molecule has 2 N–H and O–H groups in total. The minimum absolute atomic E-state index is 0.0242. The van der Waals surface area contributed by atoms with E-state index in [1.54, 1.807) is 18.2 Å². The summed E-state index contributed by atoms with van der Waals surface area (Å²) in [5.41, 5.74) is 1.15. The van der Waals surface area contributed by atoms with Crippen LogP contribution in [0.3, 0.4) is 0 Å². The number of aliphatic hydroxyl groups excluding tert-OH is 1. The van der Waals surface area contributed by atoms with Crippen molar-refractivity contribution in [3.8, 4) is 11.8 Å². The van der Waals surface area contributed by atoms with Crippen LogP contribution in [0.1, 0.15) is 35.7 Å². The Balaban J connectivity index is 2.08. The molecular formula is C16H19NO3. The Morgan fingerprint density at radius 3 is 3.05 bits per heavy atom. The average molecular weight is 273 g/mol. The molecule has 1 fully saturated rings. The number of rotatable bonds is 3. The van der Waals surface area contributed by atoms with E-state index in [2.05, 4.69) is 17.2 Å². The summed E-state index contributed by atoms with van der Waals surface area (Å²) in [5.74, 6) is 5.21. The third kappa shape index (κ3) is 3.60. The van der Waals surface area contributed by atoms with E-state index in [1.807, 2.05) is 13.0 Å². The van der Waals surface area contributed by atoms with Crippen LogP contribution in [0.4, 0.5) is 0 Å². The number of nitrogens with one attached hydrogen (secondary N) is 1. The molecule has 20 heavy (non-hydrogen) atoms. The Kier molecular flexibility index (Phi) is 5.16. The van der Waals surface area contributed by atoms with E-state index >= 15 is 0 Å². The molecule has 0 radical (unpaired) electrons. The lowest BCUT2D eigenvalue weighted by atomic mass is 10.1. The van der Waals surface area contributed by atoms with Gasteiger partial charge in [0.15, 0.2) is 0 Å². The first kappa shape index (κ1) is 14.6. The molecular weight excluding hydrogens is 254 g/mol. The highest BCUT2D eigenvalue weighted by molar-refractivity contribution is 5.96. The molecule has 1 aliphatic rings. The van der Waals surface area contributed by atoms with Gasteiger partial charge in [-0.25, -0.2) is 0 Å². The first-order valence-electron chi connectivity index (χ1n) is 6.83. The number of hydrogen-bond acceptors (Lipinski definition) is 3. The van der Waals surface area contributed by atoms with Gasteiger partial charge in [-0.3, -0.25) is 4.79 Å². The minimum atomic E-state index is -0.220. The number of aliphatic hydroxyl groups is 1. The molecule has 4 heteroatoms.